The Morgan fingerprint density at radius 2 is 0.686 bits per heavy atom. The molecule has 8 aromatic carbocycles. The molecule has 0 atom stereocenters. The first-order chi connectivity index (χ1) is 41.3. The van der Waals surface area contributed by atoms with Gasteiger partial charge in [0.1, 0.15) is 0 Å². The first-order valence-electron chi connectivity index (χ1n) is 27.2. The SMILES string of the molecule is CCCCCBr.CCCCCN(c1ccc(N)cc1)c1ccc(S)cc1.CCCCCN(c1ccc(S)cc1)c1ccc([N+](=O)[O-])cc1.I[I-]I.Nc1ccc(S)cc1.O=[N+]([O-])c1ccc(Cl)cc1.O=[N+]([O-])c1ccc(Nc2ccc(S)cc2)cc1. The first-order valence-corrected chi connectivity index (χ1v) is 43.1. The molecule has 23 heteroatoms. The van der Waals surface area contributed by atoms with Gasteiger partial charge < -0.3 is 26.6 Å². The van der Waals surface area contributed by atoms with Gasteiger partial charge in [0, 0.05) is 125 Å². The van der Waals surface area contributed by atoms with Crippen LogP contribution in [0.15, 0.2) is 214 Å². The molecule has 0 saturated heterocycles. The molecule has 0 fully saturated rings. The average Bonchev–Trinajstić information content (AvgIpc) is 3.70. The van der Waals surface area contributed by atoms with Crippen molar-refractivity contribution < 1.29 is 28.0 Å². The van der Waals surface area contributed by atoms with Gasteiger partial charge in [-0.15, -0.1) is 50.5 Å². The van der Waals surface area contributed by atoms with Crippen molar-refractivity contribution in [1.29, 1.82) is 0 Å². The summed E-state index contributed by atoms with van der Waals surface area (Å²) in [7, 11) is 0. The number of alkyl halides is 1. The zero-order valence-electron chi connectivity index (χ0n) is 48.0. The van der Waals surface area contributed by atoms with Crippen LogP contribution in [0.2, 0.25) is 5.02 Å². The smallest absolute Gasteiger partial charge is 0.269 e. The van der Waals surface area contributed by atoms with Crippen molar-refractivity contribution in [3.05, 3.63) is 229 Å². The van der Waals surface area contributed by atoms with Crippen LogP contribution in [0.25, 0.3) is 0 Å². The van der Waals surface area contributed by atoms with Gasteiger partial charge in [0.15, 0.2) is 0 Å². The summed E-state index contributed by atoms with van der Waals surface area (Å²) in [4.78, 5) is 38.3. The average molecular weight is 1660 g/mol. The van der Waals surface area contributed by atoms with Crippen LogP contribution in [0, 0.1) is 30.3 Å². The fourth-order valence-electron chi connectivity index (χ4n) is 7.29. The molecule has 462 valence electrons. The minimum atomic E-state index is -0.462. The van der Waals surface area contributed by atoms with Gasteiger partial charge in [-0.3, -0.25) is 30.3 Å². The number of benzene rings is 8. The predicted octanol–water partition coefficient (Wildman–Crippen LogP) is 18.9. The van der Waals surface area contributed by atoms with Crippen LogP contribution in [-0.2, 0) is 0 Å². The van der Waals surface area contributed by atoms with E-state index in [1.54, 1.807) is 36.4 Å². The van der Waals surface area contributed by atoms with Crippen LogP contribution >= 0.6 is 115 Å². The van der Waals surface area contributed by atoms with E-state index in [2.05, 4.69) is 164 Å². The fraction of sp³-hybridized carbons (Fsp3) is 0.238. The molecule has 0 saturated carbocycles. The molecule has 0 amide bonds. The molecule has 0 aliphatic carbocycles. The third-order valence-corrected chi connectivity index (χ3v) is 13.8. The Hall–Kier alpha value is -4.68. The molecule has 0 aromatic heterocycles. The number of halogens is 5. The number of nitrogens with two attached hydrogens (primary N) is 2. The van der Waals surface area contributed by atoms with Gasteiger partial charge in [-0.05, 0) is 177 Å². The third-order valence-electron chi connectivity index (χ3n) is 11.8. The quantitative estimate of drug-likeness (QED) is 0.00728. The largest absolute Gasteiger partial charge is 0.399 e. The Kier molecular flexibility index (Phi) is 41.8. The molecule has 0 aliphatic heterocycles. The maximum atomic E-state index is 10.8. The Morgan fingerprint density at radius 3 is 0.977 bits per heavy atom. The van der Waals surface area contributed by atoms with Crippen LogP contribution in [0.4, 0.5) is 62.6 Å². The van der Waals surface area contributed by atoms with Crippen LogP contribution in [0.1, 0.15) is 78.6 Å². The van der Waals surface area contributed by atoms with Crippen molar-refractivity contribution in [2.45, 2.75) is 98.1 Å². The second-order valence-corrected chi connectivity index (χ2v) is 37.9. The Labute approximate surface area is 572 Å². The monoisotopic (exact) mass is 1660 g/mol. The van der Waals surface area contributed by atoms with Crippen molar-refractivity contribution in [3.8, 4) is 0 Å². The standard InChI is InChI=1S/C17H20N2O2S.C17H22N2S.C12H10N2O2S.C6H4ClNO2.C6H7NS.C5H11Br.I3/c1-2-3-4-13-18(15-9-11-17(22)12-10-15)14-5-7-16(8-6-14)19(20)21;1-2-3-4-13-19(15-7-5-14(18)6-8-15)16-9-11-17(20)12-10-16;15-14(16)11-5-1-9(2-6-11)13-10-3-7-12(17)8-4-10;7-5-1-3-6(4-2-5)8(9)10;7-5-1-3-6(8)4-2-5;1-2-3-4-5-6;1-3-2/h5-12,22H,2-4,13H2,1H3;5-12,20H,2-4,13,18H2,1H3;1-8,13,17H;1-4H;1-4,8H,7H2;2-5H2,1H3;/q;;;;;;-1. The van der Waals surface area contributed by atoms with Crippen molar-refractivity contribution in [1.82, 2.24) is 0 Å². The van der Waals surface area contributed by atoms with Gasteiger partial charge in [0.2, 0.25) is 0 Å². The van der Waals surface area contributed by atoms with Crippen LogP contribution < -0.4 is 39.8 Å². The summed E-state index contributed by atoms with van der Waals surface area (Å²) in [5, 5.41) is 36.2. The molecule has 8 rings (SSSR count). The number of hydrogen-bond donors (Lipinski definition) is 7. The molecule has 0 aliphatic rings. The topological polar surface area (TPSA) is 200 Å². The van der Waals surface area contributed by atoms with E-state index in [-0.39, 0.29) is 22.0 Å². The van der Waals surface area contributed by atoms with Crippen LogP contribution in [0.3, 0.4) is 0 Å². The summed E-state index contributed by atoms with van der Waals surface area (Å²) < 4.78 is 0. The summed E-state index contributed by atoms with van der Waals surface area (Å²) in [5.41, 5.74) is 19.1. The van der Waals surface area contributed by atoms with Gasteiger partial charge in [-0.1, -0.05) is 86.8 Å². The molecule has 0 bridgehead atoms. The number of nitrogen functional groups attached to an aromatic ring is 2. The molecule has 0 spiro atoms. The fourth-order valence-corrected chi connectivity index (χ4v) is 8.41. The maximum Gasteiger partial charge on any atom is 0.269 e. The molecular weight excluding hydrogens is 1590 g/mol. The Bertz CT molecular complexity index is 3050. The molecule has 14 nitrogen and oxygen atoms in total. The number of anilines is 8. The van der Waals surface area contributed by atoms with Gasteiger partial charge in [0.05, 0.1) is 14.8 Å². The molecule has 0 unspecified atom stereocenters. The van der Waals surface area contributed by atoms with Crippen LogP contribution in [0.5, 0.6) is 0 Å². The maximum absolute atomic E-state index is 10.8. The molecule has 86 heavy (non-hydrogen) atoms. The predicted molar refractivity (Wildman–Crippen MR) is 392 cm³/mol. The number of unbranched alkanes of at least 4 members (excludes halogenated alkanes) is 6. The first kappa shape index (κ1) is 77.4. The Balaban J connectivity index is 0.000000365. The number of thiol groups is 4. The molecule has 0 radical (unpaired) electrons. The summed E-state index contributed by atoms with van der Waals surface area (Å²) in [6.07, 6.45) is 11.1. The number of nitrogens with one attached hydrogen (secondary N) is 1. The number of non-ortho nitro benzene ring substituents is 3. The summed E-state index contributed by atoms with van der Waals surface area (Å²) in [6, 6.07) is 57.9. The van der Waals surface area contributed by atoms with E-state index < -0.39 is 9.85 Å². The second kappa shape index (κ2) is 46.4. The zero-order chi connectivity index (χ0) is 63.7. The van der Waals surface area contributed by atoms with Gasteiger partial charge in [-0.25, -0.2) is 0 Å². The number of nitrogens with zero attached hydrogens (tertiary/aromatic N) is 5. The zero-order valence-corrected chi connectivity index (χ0v) is 60.4. The Morgan fingerprint density at radius 1 is 0.442 bits per heavy atom. The van der Waals surface area contributed by atoms with Crippen molar-refractivity contribution in [2.75, 3.05) is 45.0 Å². The van der Waals surface area contributed by atoms with Gasteiger partial charge >= 0.3 is 50.5 Å². The minimum absolute atomic E-state index is 0.0596. The van der Waals surface area contributed by atoms with Crippen molar-refractivity contribution in [2.24, 2.45) is 0 Å². The number of hydrogen-bond acceptors (Lipinski definition) is 15. The van der Waals surface area contributed by atoms with E-state index in [0.717, 1.165) is 86.1 Å². The summed E-state index contributed by atoms with van der Waals surface area (Å²) in [5.74, 6) is 0. The molecule has 8 aromatic rings. The van der Waals surface area contributed by atoms with E-state index in [4.69, 9.17) is 23.1 Å². The van der Waals surface area contributed by atoms with E-state index in [0.29, 0.717) is 18.3 Å². The van der Waals surface area contributed by atoms with E-state index in [9.17, 15) is 30.3 Å². The van der Waals surface area contributed by atoms with E-state index in [1.807, 2.05) is 97.1 Å². The molecular formula is C63H74BrClI3N8O6S4-. The van der Waals surface area contributed by atoms with Gasteiger partial charge in [0.25, 0.3) is 17.1 Å². The van der Waals surface area contributed by atoms with Gasteiger partial charge in [-0.2, -0.15) is 0 Å². The van der Waals surface area contributed by atoms with E-state index in [1.165, 1.54) is 91.6 Å². The molecule has 0 heterocycles. The van der Waals surface area contributed by atoms with Crippen LogP contribution in [-0.4, -0.2) is 33.2 Å². The normalized spacial score (nSPS) is 9.90. The number of nitro benzene ring substituents is 3. The summed E-state index contributed by atoms with van der Waals surface area (Å²) >= 11 is 31.1. The van der Waals surface area contributed by atoms with E-state index >= 15 is 0 Å². The van der Waals surface area contributed by atoms with Crippen molar-refractivity contribution >= 4 is 178 Å². The second-order valence-electron chi connectivity index (χ2n) is 18.4. The molecule has 5 N–H and O–H groups in total. The minimum Gasteiger partial charge on any atom is -0.399 e. The van der Waals surface area contributed by atoms with Crippen molar-refractivity contribution in [3.63, 3.8) is 0 Å². The summed E-state index contributed by atoms with van der Waals surface area (Å²) in [6.45, 7) is 8.51. The number of rotatable bonds is 20. The third kappa shape index (κ3) is 33.6. The number of nitro groups is 3.